The van der Waals surface area contributed by atoms with Crippen LogP contribution in [0.5, 0.6) is 0 Å². The van der Waals surface area contributed by atoms with Crippen LogP contribution in [0, 0.1) is 24.2 Å². The van der Waals surface area contributed by atoms with Crippen molar-refractivity contribution in [1.82, 2.24) is 14.1 Å². The van der Waals surface area contributed by atoms with Crippen molar-refractivity contribution in [3.63, 3.8) is 0 Å². The van der Waals surface area contributed by atoms with Crippen LogP contribution in [0.1, 0.15) is 32.3 Å². The Bertz CT molecular complexity index is 1320. The van der Waals surface area contributed by atoms with Gasteiger partial charge in [-0.2, -0.15) is 4.31 Å². The molecule has 9 heteroatoms. The number of urea groups is 1. The molecule has 2 unspecified atom stereocenters. The fourth-order valence-corrected chi connectivity index (χ4v) is 7.73. The average Bonchev–Trinajstić information content (AvgIpc) is 2.92. The van der Waals surface area contributed by atoms with Gasteiger partial charge in [0.2, 0.25) is 10.0 Å². The molecular weight excluding hydrogens is 532 g/mol. The lowest BCUT2D eigenvalue weighted by Crippen LogP contribution is -2.52. The van der Waals surface area contributed by atoms with Crippen molar-refractivity contribution in [2.45, 2.75) is 38.5 Å². The number of carbonyl (C=O) groups excluding carboxylic acids is 1. The molecule has 2 amide bonds. The van der Waals surface area contributed by atoms with Crippen molar-refractivity contribution >= 4 is 33.3 Å². The number of carbonyl (C=O) groups is 1. The number of nitrogens with one attached hydrogen (secondary N) is 1. The Balaban J connectivity index is 1.21. The Morgan fingerprint density at radius 1 is 1.05 bits per heavy atom. The zero-order valence-corrected chi connectivity index (χ0v) is 24.6. The minimum Gasteiger partial charge on any atom is -0.319 e. The molecule has 1 N–H and O–H groups in total. The Labute approximate surface area is 237 Å². The second kappa shape index (κ2) is 11.2. The molecule has 1 aliphatic heterocycles. The first-order valence-corrected chi connectivity index (χ1v) is 15.7. The number of hydrogen-bond acceptors (Lipinski definition) is 4. The Hall–Kier alpha value is -2.39. The van der Waals surface area contributed by atoms with Gasteiger partial charge in [0, 0.05) is 56.5 Å². The van der Waals surface area contributed by atoms with E-state index in [1.54, 1.807) is 28.6 Å². The summed E-state index contributed by atoms with van der Waals surface area (Å²) in [5.74, 6) is 1.27. The van der Waals surface area contributed by atoms with Crippen molar-refractivity contribution in [2.24, 2.45) is 17.3 Å². The first-order chi connectivity index (χ1) is 18.5. The van der Waals surface area contributed by atoms with Crippen LogP contribution >= 0.6 is 11.6 Å². The molecule has 2 aromatic carbocycles. The van der Waals surface area contributed by atoms with Crippen LogP contribution in [0.2, 0.25) is 5.02 Å². The summed E-state index contributed by atoms with van der Waals surface area (Å²) in [5.41, 5.74) is 3.41. The highest BCUT2D eigenvalue weighted by molar-refractivity contribution is 7.89. The van der Waals surface area contributed by atoms with Crippen LogP contribution in [-0.2, 0) is 10.0 Å². The number of rotatable bonds is 8. The summed E-state index contributed by atoms with van der Waals surface area (Å²) in [6.45, 7) is 10.7. The molecule has 0 aromatic heterocycles. The third kappa shape index (κ3) is 6.04. The lowest BCUT2D eigenvalue weighted by atomic mass is 9.49. The van der Waals surface area contributed by atoms with E-state index in [1.807, 2.05) is 36.1 Å². The molecule has 3 aliphatic carbocycles. The fourth-order valence-electron chi connectivity index (χ4n) is 6.18. The first kappa shape index (κ1) is 28.1. The third-order valence-electron chi connectivity index (χ3n) is 9.01. The minimum absolute atomic E-state index is 0.127. The Kier molecular flexibility index (Phi) is 8.11. The highest BCUT2D eigenvalue weighted by Gasteiger charge is 2.51. The number of nitrogens with zero attached hydrogens (tertiary/aromatic N) is 3. The molecule has 0 radical (unpaired) electrons. The maximum atomic E-state index is 13.4. The molecule has 7 nitrogen and oxygen atoms in total. The molecule has 210 valence electrons. The summed E-state index contributed by atoms with van der Waals surface area (Å²) in [6, 6.07) is 14.1. The van der Waals surface area contributed by atoms with Crippen LogP contribution in [0.25, 0.3) is 0 Å². The standard InChI is InChI=1S/C30H39ClN4O3S/c1-22-4-12-27(13-5-22)39(37,38)35-18-15-33(16-19-35)14-17-34(29(36)32-26-10-8-25(31)9-11-26)21-23-6-7-24-20-28(23)30(24,2)3/h4-6,8-13,24,28H,7,14-21H2,1-3H3,(H,32,36). The summed E-state index contributed by atoms with van der Waals surface area (Å²) < 4.78 is 27.8. The summed E-state index contributed by atoms with van der Waals surface area (Å²) >= 11 is 6.02. The maximum Gasteiger partial charge on any atom is 0.322 e. The largest absolute Gasteiger partial charge is 0.322 e. The molecule has 2 atom stereocenters. The van der Waals surface area contributed by atoms with Crippen molar-refractivity contribution in [3.8, 4) is 0 Å². The second-order valence-electron chi connectivity index (χ2n) is 11.7. The van der Waals surface area contributed by atoms with E-state index in [-0.39, 0.29) is 6.03 Å². The summed E-state index contributed by atoms with van der Waals surface area (Å²) in [4.78, 5) is 17.9. The quantitative estimate of drug-likeness (QED) is 0.427. The number of fused-ring (bicyclic) bond motifs is 1. The predicted octanol–water partition coefficient (Wildman–Crippen LogP) is 5.48. The number of anilines is 1. The third-order valence-corrected chi connectivity index (χ3v) is 11.2. The molecule has 2 fully saturated rings. The fraction of sp³-hybridized carbons (Fsp3) is 0.500. The van der Waals surface area contributed by atoms with E-state index in [1.165, 1.54) is 12.0 Å². The van der Waals surface area contributed by atoms with Crippen molar-refractivity contribution in [1.29, 1.82) is 0 Å². The van der Waals surface area contributed by atoms with Gasteiger partial charge in [0.25, 0.3) is 0 Å². The molecule has 2 bridgehead atoms. The number of benzene rings is 2. The van der Waals surface area contributed by atoms with Crippen LogP contribution in [-0.4, -0.2) is 74.4 Å². The lowest BCUT2D eigenvalue weighted by molar-refractivity contribution is -0.00967. The van der Waals surface area contributed by atoms with E-state index in [0.717, 1.165) is 17.9 Å². The van der Waals surface area contributed by atoms with Crippen LogP contribution < -0.4 is 5.32 Å². The molecule has 2 aromatic rings. The average molecular weight is 571 g/mol. The number of halogens is 1. The van der Waals surface area contributed by atoms with Crippen molar-refractivity contribution < 1.29 is 13.2 Å². The SMILES string of the molecule is Cc1ccc(S(=O)(=O)N2CCN(CCN(CC3=CCC4CC3C4(C)C)C(=O)Nc3ccc(Cl)cc3)CC2)cc1. The molecule has 1 saturated heterocycles. The van der Waals surface area contributed by atoms with E-state index in [0.29, 0.717) is 72.8 Å². The number of allylic oxidation sites excluding steroid dienone is 1. The zero-order valence-electron chi connectivity index (χ0n) is 23.1. The van der Waals surface area contributed by atoms with E-state index < -0.39 is 10.0 Å². The predicted molar refractivity (Wildman–Crippen MR) is 156 cm³/mol. The first-order valence-electron chi connectivity index (χ1n) is 13.8. The Morgan fingerprint density at radius 3 is 2.33 bits per heavy atom. The monoisotopic (exact) mass is 570 g/mol. The summed E-state index contributed by atoms with van der Waals surface area (Å²) in [6.07, 6.45) is 4.65. The van der Waals surface area contributed by atoms with E-state index in [2.05, 4.69) is 30.1 Å². The molecule has 0 spiro atoms. The van der Waals surface area contributed by atoms with Crippen molar-refractivity contribution in [2.75, 3.05) is 51.1 Å². The molecule has 6 rings (SSSR count). The van der Waals surface area contributed by atoms with Crippen LogP contribution in [0.3, 0.4) is 0 Å². The van der Waals surface area contributed by atoms with Gasteiger partial charge >= 0.3 is 6.03 Å². The van der Waals surface area contributed by atoms with E-state index >= 15 is 0 Å². The van der Waals surface area contributed by atoms with Gasteiger partial charge in [-0.3, -0.25) is 4.90 Å². The number of piperazine rings is 1. The topological polar surface area (TPSA) is 73.0 Å². The normalized spacial score (nSPS) is 23.0. The minimum atomic E-state index is -3.50. The summed E-state index contributed by atoms with van der Waals surface area (Å²) in [5, 5.41) is 3.67. The van der Waals surface area contributed by atoms with Crippen LogP contribution in [0.15, 0.2) is 65.1 Å². The highest BCUT2D eigenvalue weighted by Crippen LogP contribution is 2.59. The molecule has 39 heavy (non-hydrogen) atoms. The van der Waals surface area contributed by atoms with Gasteiger partial charge in [-0.15, -0.1) is 0 Å². The Morgan fingerprint density at radius 2 is 1.72 bits per heavy atom. The smallest absolute Gasteiger partial charge is 0.319 e. The molecule has 1 saturated carbocycles. The molecule has 4 aliphatic rings. The van der Waals surface area contributed by atoms with Gasteiger partial charge < -0.3 is 10.2 Å². The van der Waals surface area contributed by atoms with Gasteiger partial charge in [-0.1, -0.05) is 54.8 Å². The summed E-state index contributed by atoms with van der Waals surface area (Å²) in [7, 11) is -3.50. The van der Waals surface area contributed by atoms with Gasteiger partial charge in [0.1, 0.15) is 0 Å². The maximum absolute atomic E-state index is 13.4. The van der Waals surface area contributed by atoms with Gasteiger partial charge in [0.05, 0.1) is 4.90 Å². The molecule has 1 heterocycles. The lowest BCUT2D eigenvalue weighted by Gasteiger charge is -2.57. The van der Waals surface area contributed by atoms with Crippen molar-refractivity contribution in [3.05, 3.63) is 70.8 Å². The van der Waals surface area contributed by atoms with E-state index in [9.17, 15) is 13.2 Å². The van der Waals surface area contributed by atoms with Crippen LogP contribution in [0.4, 0.5) is 10.5 Å². The van der Waals surface area contributed by atoms with Gasteiger partial charge in [0.15, 0.2) is 0 Å². The van der Waals surface area contributed by atoms with E-state index in [4.69, 9.17) is 11.6 Å². The zero-order chi connectivity index (χ0) is 27.8. The number of hydrogen-bond donors (Lipinski definition) is 1. The number of aryl methyl sites for hydroxylation is 1. The number of amides is 2. The second-order valence-corrected chi connectivity index (χ2v) is 14.1. The number of sulfonamides is 1. The van der Waals surface area contributed by atoms with Gasteiger partial charge in [-0.25, -0.2) is 13.2 Å². The highest BCUT2D eigenvalue weighted by atomic mass is 35.5. The molecular formula is C30H39ClN4O3S. The van der Waals surface area contributed by atoms with Gasteiger partial charge in [-0.05, 0) is 73.4 Å².